The maximum absolute atomic E-state index is 11.3. The summed E-state index contributed by atoms with van der Waals surface area (Å²) in [5.74, 6) is 0.957. The van der Waals surface area contributed by atoms with E-state index in [1.807, 2.05) is 25.1 Å². The number of carbonyl (C=O) groups is 1. The Morgan fingerprint density at radius 3 is 2.16 bits per heavy atom. The summed E-state index contributed by atoms with van der Waals surface area (Å²) in [6, 6.07) is 15.5. The second-order valence-corrected chi connectivity index (χ2v) is 7.38. The Labute approximate surface area is 179 Å². The van der Waals surface area contributed by atoms with E-state index in [4.69, 9.17) is 10.7 Å². The highest BCUT2D eigenvalue weighted by molar-refractivity contribution is 5.93. The van der Waals surface area contributed by atoms with Crippen molar-refractivity contribution >= 4 is 23.1 Å². The number of aromatic nitrogens is 2. The molecule has 2 N–H and O–H groups in total. The molecule has 158 valence electrons. The smallest absolute Gasteiger partial charge is 0.269 e. The number of nitrogens with zero attached hydrogens (tertiary/aromatic N) is 5. The maximum atomic E-state index is 11.3. The van der Waals surface area contributed by atoms with E-state index in [9.17, 15) is 14.9 Å². The Kier molecular flexibility index (Phi) is 5.48. The van der Waals surface area contributed by atoms with Gasteiger partial charge in [-0.2, -0.15) is 0 Å². The molecule has 0 bridgehead atoms. The zero-order chi connectivity index (χ0) is 22.0. The van der Waals surface area contributed by atoms with Gasteiger partial charge in [0.25, 0.3) is 5.69 Å². The van der Waals surface area contributed by atoms with Crippen LogP contribution in [0.25, 0.3) is 11.4 Å². The molecule has 3 aromatic rings. The summed E-state index contributed by atoms with van der Waals surface area (Å²) in [7, 11) is 0. The van der Waals surface area contributed by atoms with Gasteiger partial charge in [0.15, 0.2) is 5.82 Å². The Morgan fingerprint density at radius 2 is 1.58 bits per heavy atom. The third kappa shape index (κ3) is 4.45. The largest absolute Gasteiger partial charge is 0.368 e. The van der Waals surface area contributed by atoms with Crippen LogP contribution in [0, 0.1) is 17.0 Å². The van der Waals surface area contributed by atoms with Gasteiger partial charge in [-0.1, -0.05) is 0 Å². The van der Waals surface area contributed by atoms with Crippen LogP contribution in [0.4, 0.5) is 17.2 Å². The summed E-state index contributed by atoms with van der Waals surface area (Å²) >= 11 is 0. The number of anilines is 2. The molecule has 0 spiro atoms. The minimum Gasteiger partial charge on any atom is -0.368 e. The average Bonchev–Trinajstić information content (AvgIpc) is 2.79. The second kappa shape index (κ2) is 8.39. The number of nitrogens with two attached hydrogens (primary N) is 1. The van der Waals surface area contributed by atoms with Gasteiger partial charge in [-0.3, -0.25) is 14.9 Å². The lowest BCUT2D eigenvalue weighted by molar-refractivity contribution is -0.384. The lowest BCUT2D eigenvalue weighted by Crippen LogP contribution is -2.46. The fourth-order valence-corrected chi connectivity index (χ4v) is 3.61. The van der Waals surface area contributed by atoms with Gasteiger partial charge in [0, 0.05) is 66.9 Å². The molecule has 0 unspecified atom stereocenters. The van der Waals surface area contributed by atoms with E-state index < -0.39 is 10.8 Å². The quantitative estimate of drug-likeness (QED) is 0.500. The van der Waals surface area contributed by atoms with Crippen LogP contribution in [0.15, 0.2) is 54.6 Å². The summed E-state index contributed by atoms with van der Waals surface area (Å²) in [4.78, 5) is 35.4. The topological polar surface area (TPSA) is 118 Å². The molecule has 31 heavy (non-hydrogen) atoms. The molecule has 4 rings (SSSR count). The minimum absolute atomic E-state index is 0.0385. The lowest BCUT2D eigenvalue weighted by atomic mass is 10.1. The summed E-state index contributed by atoms with van der Waals surface area (Å²) in [5, 5.41) is 10.9. The number of hydrogen-bond donors (Lipinski definition) is 1. The van der Waals surface area contributed by atoms with Crippen LogP contribution in [0.5, 0.6) is 0 Å². The van der Waals surface area contributed by atoms with Crippen molar-refractivity contribution in [2.24, 2.45) is 5.73 Å². The van der Waals surface area contributed by atoms with Crippen LogP contribution in [0.3, 0.4) is 0 Å². The molecule has 9 nitrogen and oxygen atoms in total. The van der Waals surface area contributed by atoms with Gasteiger partial charge in [0.1, 0.15) is 5.82 Å². The van der Waals surface area contributed by atoms with E-state index in [-0.39, 0.29) is 5.69 Å². The molecular formula is C22H22N6O3. The number of benzene rings is 2. The number of nitro benzene ring substituents is 1. The molecule has 1 saturated heterocycles. The van der Waals surface area contributed by atoms with Gasteiger partial charge in [-0.25, -0.2) is 9.97 Å². The van der Waals surface area contributed by atoms with E-state index in [0.29, 0.717) is 11.4 Å². The van der Waals surface area contributed by atoms with Crippen molar-refractivity contribution in [3.63, 3.8) is 0 Å². The van der Waals surface area contributed by atoms with Crippen molar-refractivity contribution in [1.29, 1.82) is 0 Å². The molecular weight excluding hydrogens is 396 g/mol. The van der Waals surface area contributed by atoms with Gasteiger partial charge in [-0.05, 0) is 43.3 Å². The van der Waals surface area contributed by atoms with Crippen molar-refractivity contribution in [3.8, 4) is 11.4 Å². The highest BCUT2D eigenvalue weighted by Crippen LogP contribution is 2.24. The molecule has 0 atom stereocenters. The number of aryl methyl sites for hydroxylation is 1. The van der Waals surface area contributed by atoms with Crippen LogP contribution < -0.4 is 15.5 Å². The molecule has 1 amide bonds. The van der Waals surface area contributed by atoms with Gasteiger partial charge in [-0.15, -0.1) is 0 Å². The standard InChI is InChI=1S/C22H22N6O3/c1-15-14-20(25-22(24-15)17-4-8-19(9-5-17)28(30)31)27-12-10-26(11-13-27)18-6-2-16(3-7-18)21(23)29/h2-9,14H,10-13H2,1H3,(H2,23,29). The SMILES string of the molecule is Cc1cc(N2CCN(c3ccc(C(N)=O)cc3)CC2)nc(-c2ccc([N+](=O)[O-])cc2)n1. The first-order valence-electron chi connectivity index (χ1n) is 9.91. The minimum atomic E-state index is -0.431. The summed E-state index contributed by atoms with van der Waals surface area (Å²) in [5.41, 5.74) is 8.47. The zero-order valence-corrected chi connectivity index (χ0v) is 17.1. The summed E-state index contributed by atoms with van der Waals surface area (Å²) < 4.78 is 0. The van der Waals surface area contributed by atoms with Gasteiger partial charge < -0.3 is 15.5 Å². The van der Waals surface area contributed by atoms with Crippen molar-refractivity contribution in [2.45, 2.75) is 6.92 Å². The first kappa shape index (κ1) is 20.3. The van der Waals surface area contributed by atoms with Crippen molar-refractivity contribution < 1.29 is 9.72 Å². The van der Waals surface area contributed by atoms with Gasteiger partial charge >= 0.3 is 0 Å². The fraction of sp³-hybridized carbons (Fsp3) is 0.227. The Morgan fingerprint density at radius 1 is 0.968 bits per heavy atom. The highest BCUT2D eigenvalue weighted by atomic mass is 16.6. The molecule has 1 aromatic heterocycles. The molecule has 0 saturated carbocycles. The van der Waals surface area contributed by atoms with Crippen molar-refractivity contribution in [1.82, 2.24) is 9.97 Å². The predicted molar refractivity (Wildman–Crippen MR) is 118 cm³/mol. The van der Waals surface area contributed by atoms with Crippen LogP contribution in [0.2, 0.25) is 0 Å². The molecule has 0 radical (unpaired) electrons. The molecule has 2 heterocycles. The van der Waals surface area contributed by atoms with E-state index in [1.165, 1.54) is 12.1 Å². The number of carbonyl (C=O) groups excluding carboxylic acids is 1. The predicted octanol–water partition coefficient (Wildman–Crippen LogP) is 2.79. The first-order chi connectivity index (χ1) is 14.9. The van der Waals surface area contributed by atoms with E-state index in [1.54, 1.807) is 24.3 Å². The monoisotopic (exact) mass is 418 g/mol. The van der Waals surface area contributed by atoms with Gasteiger partial charge in [0.2, 0.25) is 5.91 Å². The van der Waals surface area contributed by atoms with Crippen molar-refractivity contribution in [2.75, 3.05) is 36.0 Å². The Balaban J connectivity index is 1.48. The Bertz CT molecular complexity index is 1110. The number of nitro groups is 1. The summed E-state index contributed by atoms with van der Waals surface area (Å²) in [6.07, 6.45) is 0. The molecule has 1 aliphatic rings. The third-order valence-electron chi connectivity index (χ3n) is 5.30. The normalized spacial score (nSPS) is 13.8. The van der Waals surface area contributed by atoms with Crippen LogP contribution in [0.1, 0.15) is 16.1 Å². The average molecular weight is 418 g/mol. The van der Waals surface area contributed by atoms with E-state index >= 15 is 0 Å². The number of amides is 1. The second-order valence-electron chi connectivity index (χ2n) is 7.38. The number of rotatable bonds is 5. The van der Waals surface area contributed by atoms with Crippen LogP contribution in [-0.2, 0) is 0 Å². The molecule has 9 heteroatoms. The molecule has 1 aliphatic heterocycles. The zero-order valence-electron chi connectivity index (χ0n) is 17.1. The number of hydrogen-bond acceptors (Lipinski definition) is 7. The summed E-state index contributed by atoms with van der Waals surface area (Å²) in [6.45, 7) is 5.11. The fourth-order valence-electron chi connectivity index (χ4n) is 3.61. The lowest BCUT2D eigenvalue weighted by Gasteiger charge is -2.37. The molecule has 0 aliphatic carbocycles. The number of piperazine rings is 1. The first-order valence-corrected chi connectivity index (χ1v) is 9.91. The number of primary amides is 1. The van der Waals surface area contributed by atoms with E-state index in [0.717, 1.165) is 48.9 Å². The Hall–Kier alpha value is -4.01. The third-order valence-corrected chi connectivity index (χ3v) is 5.30. The molecule has 2 aromatic carbocycles. The molecule has 1 fully saturated rings. The van der Waals surface area contributed by atoms with E-state index in [2.05, 4.69) is 14.8 Å². The maximum Gasteiger partial charge on any atom is 0.269 e. The highest BCUT2D eigenvalue weighted by Gasteiger charge is 2.20. The van der Waals surface area contributed by atoms with Gasteiger partial charge in [0.05, 0.1) is 4.92 Å². The number of non-ortho nitro benzene ring substituents is 1. The van der Waals surface area contributed by atoms with Crippen LogP contribution >= 0.6 is 0 Å². The van der Waals surface area contributed by atoms with Crippen LogP contribution in [-0.4, -0.2) is 47.0 Å². The van der Waals surface area contributed by atoms with Crippen molar-refractivity contribution in [3.05, 3.63) is 76.0 Å².